The van der Waals surface area contributed by atoms with E-state index in [4.69, 9.17) is 9.47 Å². The van der Waals surface area contributed by atoms with Crippen LogP contribution in [0.25, 0.3) is 11.1 Å². The molecule has 0 spiro atoms. The minimum atomic E-state index is -0.706. The average molecular weight is 406 g/mol. The van der Waals surface area contributed by atoms with Gasteiger partial charge in [-0.25, -0.2) is 4.68 Å². The van der Waals surface area contributed by atoms with Crippen LogP contribution < -0.4 is 20.1 Å². The number of fused-ring (bicyclic) bond motifs is 1. The summed E-state index contributed by atoms with van der Waals surface area (Å²) in [5.41, 5.74) is 2.28. The summed E-state index contributed by atoms with van der Waals surface area (Å²) in [5.74, 6) is 1.49. The van der Waals surface area contributed by atoms with Crippen molar-refractivity contribution >= 4 is 23.3 Å². The van der Waals surface area contributed by atoms with Gasteiger partial charge in [0.1, 0.15) is 23.4 Å². The van der Waals surface area contributed by atoms with E-state index in [9.17, 15) is 9.59 Å². The van der Waals surface area contributed by atoms with Crippen LogP contribution in [0.4, 0.5) is 11.5 Å². The van der Waals surface area contributed by atoms with Gasteiger partial charge in [0.05, 0.1) is 26.3 Å². The van der Waals surface area contributed by atoms with Crippen molar-refractivity contribution in [1.82, 2.24) is 9.78 Å². The summed E-state index contributed by atoms with van der Waals surface area (Å²) in [4.78, 5) is 25.0. The Morgan fingerprint density at radius 1 is 1.20 bits per heavy atom. The van der Waals surface area contributed by atoms with Crippen molar-refractivity contribution in [2.24, 2.45) is 0 Å². The van der Waals surface area contributed by atoms with E-state index in [1.807, 2.05) is 31.2 Å². The van der Waals surface area contributed by atoms with Gasteiger partial charge in [0.2, 0.25) is 5.91 Å². The Kier molecular flexibility index (Phi) is 5.38. The maximum Gasteiger partial charge on any atom is 0.251 e. The lowest BCUT2D eigenvalue weighted by Crippen LogP contribution is -2.23. The lowest BCUT2D eigenvalue weighted by Gasteiger charge is -2.10. The Labute approximate surface area is 173 Å². The number of aromatic nitrogens is 2. The van der Waals surface area contributed by atoms with Crippen molar-refractivity contribution in [2.45, 2.75) is 19.4 Å². The number of benzene rings is 2. The first-order valence-corrected chi connectivity index (χ1v) is 9.64. The van der Waals surface area contributed by atoms with Crippen LogP contribution >= 0.6 is 0 Å². The molecule has 154 valence electrons. The molecular formula is C22H22N4O4. The number of nitrogens with one attached hydrogen (secondary N) is 2. The van der Waals surface area contributed by atoms with Crippen molar-refractivity contribution in [3.05, 3.63) is 54.7 Å². The molecular weight excluding hydrogens is 384 g/mol. The third kappa shape index (κ3) is 3.84. The summed E-state index contributed by atoms with van der Waals surface area (Å²) in [6.07, 6.45) is 1.66. The quantitative estimate of drug-likeness (QED) is 0.626. The fraction of sp³-hybridized carbons (Fsp3) is 0.227. The molecule has 1 aromatic heterocycles. The van der Waals surface area contributed by atoms with E-state index in [0.717, 1.165) is 16.9 Å². The van der Waals surface area contributed by atoms with Crippen LogP contribution in [-0.2, 0) is 9.59 Å². The maximum absolute atomic E-state index is 12.5. The topological polar surface area (TPSA) is 94.5 Å². The SMILES string of the molecule is CCOc1ccc(NC(=O)CC2C(=O)Nc3c(-c4cccc(OC)c4)cnn32)cc1. The number of nitrogens with zero attached hydrogens (tertiary/aromatic N) is 2. The smallest absolute Gasteiger partial charge is 0.251 e. The van der Waals surface area contributed by atoms with E-state index >= 15 is 0 Å². The first-order chi connectivity index (χ1) is 14.6. The molecule has 0 saturated heterocycles. The van der Waals surface area contributed by atoms with Gasteiger partial charge in [-0.1, -0.05) is 12.1 Å². The van der Waals surface area contributed by atoms with E-state index in [1.165, 1.54) is 0 Å². The zero-order valence-corrected chi connectivity index (χ0v) is 16.7. The normalized spacial score (nSPS) is 14.7. The number of hydrogen-bond acceptors (Lipinski definition) is 5. The number of carbonyl (C=O) groups is 2. The van der Waals surface area contributed by atoms with Crippen LogP contribution in [0.3, 0.4) is 0 Å². The predicted molar refractivity (Wildman–Crippen MR) is 113 cm³/mol. The minimum absolute atomic E-state index is 0.0225. The highest BCUT2D eigenvalue weighted by Gasteiger charge is 2.35. The summed E-state index contributed by atoms with van der Waals surface area (Å²) in [5, 5.41) is 10.0. The molecule has 2 N–H and O–H groups in total. The van der Waals surface area contributed by atoms with Crippen LogP contribution in [0.1, 0.15) is 19.4 Å². The molecule has 2 heterocycles. The molecule has 3 aromatic rings. The van der Waals surface area contributed by atoms with Gasteiger partial charge in [0, 0.05) is 11.3 Å². The number of hydrogen-bond donors (Lipinski definition) is 2. The summed E-state index contributed by atoms with van der Waals surface area (Å²) < 4.78 is 12.2. The van der Waals surface area contributed by atoms with Gasteiger partial charge in [-0.15, -0.1) is 0 Å². The summed E-state index contributed by atoms with van der Waals surface area (Å²) >= 11 is 0. The summed E-state index contributed by atoms with van der Waals surface area (Å²) in [7, 11) is 1.60. The Balaban J connectivity index is 1.48. The number of ether oxygens (including phenoxy) is 2. The monoisotopic (exact) mass is 406 g/mol. The van der Waals surface area contributed by atoms with Gasteiger partial charge >= 0.3 is 0 Å². The summed E-state index contributed by atoms with van der Waals surface area (Å²) in [6, 6.07) is 13.9. The molecule has 8 nitrogen and oxygen atoms in total. The molecule has 1 unspecified atom stereocenters. The minimum Gasteiger partial charge on any atom is -0.497 e. The van der Waals surface area contributed by atoms with Crippen molar-refractivity contribution in [3.8, 4) is 22.6 Å². The van der Waals surface area contributed by atoms with Crippen molar-refractivity contribution in [2.75, 3.05) is 24.4 Å². The van der Waals surface area contributed by atoms with Crippen molar-refractivity contribution in [1.29, 1.82) is 0 Å². The zero-order chi connectivity index (χ0) is 21.1. The number of anilines is 2. The molecule has 0 saturated carbocycles. The Bertz CT molecular complexity index is 1070. The first-order valence-electron chi connectivity index (χ1n) is 9.64. The second kappa shape index (κ2) is 8.28. The highest BCUT2D eigenvalue weighted by Crippen LogP contribution is 2.36. The number of carbonyl (C=O) groups excluding carboxylic acids is 2. The molecule has 2 aromatic carbocycles. The second-order valence-corrected chi connectivity index (χ2v) is 6.80. The molecule has 0 aliphatic carbocycles. The third-order valence-corrected chi connectivity index (χ3v) is 4.84. The van der Waals surface area contributed by atoms with Gasteiger partial charge < -0.3 is 20.1 Å². The van der Waals surface area contributed by atoms with Crippen molar-refractivity contribution < 1.29 is 19.1 Å². The standard InChI is InChI=1S/C22H22N4O4/c1-3-30-16-9-7-15(8-10-16)24-20(27)12-19-22(28)25-21-18(13-23-26(19)21)14-5-4-6-17(11-14)29-2/h4-11,13,19H,3,12H2,1-2H3,(H,24,27)(H,25,28). The predicted octanol–water partition coefficient (Wildman–Crippen LogP) is 3.48. The van der Waals surface area contributed by atoms with Gasteiger partial charge in [-0.3, -0.25) is 9.59 Å². The van der Waals surface area contributed by atoms with Crippen LogP contribution in [0.5, 0.6) is 11.5 Å². The van der Waals surface area contributed by atoms with Gasteiger partial charge in [-0.05, 0) is 48.9 Å². The van der Waals surface area contributed by atoms with Crippen LogP contribution in [-0.4, -0.2) is 35.3 Å². The van der Waals surface area contributed by atoms with E-state index in [0.29, 0.717) is 23.9 Å². The highest BCUT2D eigenvalue weighted by molar-refractivity contribution is 6.04. The Morgan fingerprint density at radius 3 is 2.73 bits per heavy atom. The summed E-state index contributed by atoms with van der Waals surface area (Å²) in [6.45, 7) is 2.48. The molecule has 1 aliphatic heterocycles. The second-order valence-electron chi connectivity index (χ2n) is 6.80. The fourth-order valence-electron chi connectivity index (χ4n) is 3.40. The van der Waals surface area contributed by atoms with Crippen molar-refractivity contribution in [3.63, 3.8) is 0 Å². The van der Waals surface area contributed by atoms with Gasteiger partial charge in [-0.2, -0.15) is 5.10 Å². The highest BCUT2D eigenvalue weighted by atomic mass is 16.5. The largest absolute Gasteiger partial charge is 0.497 e. The van der Waals surface area contributed by atoms with E-state index in [1.54, 1.807) is 42.3 Å². The molecule has 2 amide bonds. The molecule has 1 aliphatic rings. The van der Waals surface area contributed by atoms with Crippen LogP contribution in [0.2, 0.25) is 0 Å². The lowest BCUT2D eigenvalue weighted by atomic mass is 10.1. The van der Waals surface area contributed by atoms with Crippen LogP contribution in [0, 0.1) is 0 Å². The molecule has 1 atom stereocenters. The Morgan fingerprint density at radius 2 is 2.00 bits per heavy atom. The van der Waals surface area contributed by atoms with E-state index < -0.39 is 6.04 Å². The van der Waals surface area contributed by atoms with E-state index in [-0.39, 0.29) is 18.2 Å². The lowest BCUT2D eigenvalue weighted by molar-refractivity contribution is -0.123. The maximum atomic E-state index is 12.5. The van der Waals surface area contributed by atoms with E-state index in [2.05, 4.69) is 15.7 Å². The molecule has 4 rings (SSSR count). The molecule has 8 heteroatoms. The average Bonchev–Trinajstić information content (AvgIpc) is 3.29. The fourth-order valence-corrected chi connectivity index (χ4v) is 3.40. The third-order valence-electron chi connectivity index (χ3n) is 4.84. The zero-order valence-electron chi connectivity index (χ0n) is 16.7. The number of methoxy groups -OCH3 is 1. The first kappa shape index (κ1) is 19.5. The molecule has 30 heavy (non-hydrogen) atoms. The number of rotatable bonds is 7. The van der Waals surface area contributed by atoms with Crippen LogP contribution in [0.15, 0.2) is 54.7 Å². The number of amides is 2. The molecule has 0 radical (unpaired) electrons. The Hall–Kier alpha value is -3.81. The molecule has 0 bridgehead atoms. The van der Waals surface area contributed by atoms with Gasteiger partial charge in [0.15, 0.2) is 0 Å². The van der Waals surface area contributed by atoms with Gasteiger partial charge in [0.25, 0.3) is 5.91 Å². The molecule has 0 fully saturated rings.